The lowest BCUT2D eigenvalue weighted by Crippen LogP contribution is -2.53. The Kier molecular flexibility index (Phi) is 6.68. The molecule has 5 heteroatoms. The van der Waals surface area contributed by atoms with Gasteiger partial charge in [-0.15, -0.1) is 0 Å². The third kappa shape index (κ3) is 5.06. The van der Waals surface area contributed by atoms with Gasteiger partial charge in [0.25, 0.3) is 0 Å². The van der Waals surface area contributed by atoms with E-state index in [1.165, 1.54) is 19.3 Å². The standard InChI is InChI=1S/C16H30N2O2S/c1-3-13(12-21-2)17-15(19)18-14-7-10-20-16(11-14)8-5-4-6-9-16/h13-14H,3-12H2,1-2H3,(H2,17,18,19)/t13-,14+/m1/s1. The van der Waals surface area contributed by atoms with E-state index in [-0.39, 0.29) is 23.7 Å². The number of hydrogen-bond acceptors (Lipinski definition) is 3. The van der Waals surface area contributed by atoms with Crippen molar-refractivity contribution >= 4 is 17.8 Å². The van der Waals surface area contributed by atoms with Crippen molar-refractivity contribution in [3.05, 3.63) is 0 Å². The molecule has 1 spiro atoms. The Bertz CT molecular complexity index is 327. The molecule has 1 saturated heterocycles. The number of nitrogens with one attached hydrogen (secondary N) is 2. The largest absolute Gasteiger partial charge is 0.375 e. The number of amides is 2. The molecule has 2 rings (SSSR count). The van der Waals surface area contributed by atoms with Crippen LogP contribution in [0.1, 0.15) is 58.3 Å². The van der Waals surface area contributed by atoms with E-state index in [0.717, 1.165) is 44.5 Å². The second-order valence-electron chi connectivity index (χ2n) is 6.46. The summed E-state index contributed by atoms with van der Waals surface area (Å²) in [5.41, 5.74) is 0.0534. The minimum Gasteiger partial charge on any atom is -0.375 e. The highest BCUT2D eigenvalue weighted by molar-refractivity contribution is 7.98. The van der Waals surface area contributed by atoms with Crippen LogP contribution in [0.2, 0.25) is 0 Å². The highest BCUT2D eigenvalue weighted by Gasteiger charge is 2.38. The van der Waals surface area contributed by atoms with Gasteiger partial charge in [-0.25, -0.2) is 4.79 Å². The first-order valence-electron chi connectivity index (χ1n) is 8.37. The Morgan fingerprint density at radius 2 is 2.14 bits per heavy atom. The summed E-state index contributed by atoms with van der Waals surface area (Å²) in [6.07, 6.45) is 11.2. The van der Waals surface area contributed by atoms with Gasteiger partial charge < -0.3 is 15.4 Å². The van der Waals surface area contributed by atoms with E-state index in [9.17, 15) is 4.79 Å². The highest BCUT2D eigenvalue weighted by atomic mass is 32.2. The number of rotatable bonds is 5. The fourth-order valence-corrected chi connectivity index (χ4v) is 4.29. The van der Waals surface area contributed by atoms with Gasteiger partial charge in [0.2, 0.25) is 0 Å². The van der Waals surface area contributed by atoms with Crippen molar-refractivity contribution in [3.63, 3.8) is 0 Å². The predicted molar refractivity (Wildman–Crippen MR) is 88.9 cm³/mol. The number of thioether (sulfide) groups is 1. The topological polar surface area (TPSA) is 50.4 Å². The maximum absolute atomic E-state index is 12.2. The number of urea groups is 1. The summed E-state index contributed by atoms with van der Waals surface area (Å²) >= 11 is 1.78. The lowest BCUT2D eigenvalue weighted by Gasteiger charge is -2.43. The summed E-state index contributed by atoms with van der Waals surface area (Å²) in [4.78, 5) is 12.2. The first-order chi connectivity index (χ1) is 10.2. The van der Waals surface area contributed by atoms with Gasteiger partial charge in [-0.3, -0.25) is 0 Å². The predicted octanol–water partition coefficient (Wildman–Crippen LogP) is 3.31. The summed E-state index contributed by atoms with van der Waals surface area (Å²) in [7, 11) is 0. The molecule has 1 heterocycles. The molecule has 1 aliphatic carbocycles. The van der Waals surface area contributed by atoms with Crippen LogP contribution in [0, 0.1) is 0 Å². The smallest absolute Gasteiger partial charge is 0.315 e. The zero-order valence-electron chi connectivity index (χ0n) is 13.5. The summed E-state index contributed by atoms with van der Waals surface area (Å²) in [6.45, 7) is 2.90. The molecule has 21 heavy (non-hydrogen) atoms. The van der Waals surface area contributed by atoms with Crippen molar-refractivity contribution in [2.24, 2.45) is 0 Å². The van der Waals surface area contributed by atoms with E-state index >= 15 is 0 Å². The maximum atomic E-state index is 12.2. The lowest BCUT2D eigenvalue weighted by molar-refractivity contribution is -0.107. The van der Waals surface area contributed by atoms with E-state index in [0.29, 0.717) is 0 Å². The molecule has 0 unspecified atom stereocenters. The van der Waals surface area contributed by atoms with Crippen LogP contribution in [-0.4, -0.2) is 42.3 Å². The summed E-state index contributed by atoms with van der Waals surface area (Å²) < 4.78 is 6.08. The van der Waals surface area contributed by atoms with Crippen molar-refractivity contribution in [2.75, 3.05) is 18.6 Å². The van der Waals surface area contributed by atoms with Gasteiger partial charge >= 0.3 is 6.03 Å². The van der Waals surface area contributed by atoms with Crippen molar-refractivity contribution in [1.82, 2.24) is 10.6 Å². The normalized spacial score (nSPS) is 26.3. The summed E-state index contributed by atoms with van der Waals surface area (Å²) in [6, 6.07) is 0.529. The van der Waals surface area contributed by atoms with Crippen LogP contribution in [-0.2, 0) is 4.74 Å². The van der Waals surface area contributed by atoms with Gasteiger partial charge in [-0.2, -0.15) is 11.8 Å². The van der Waals surface area contributed by atoms with Crippen LogP contribution < -0.4 is 10.6 Å². The first-order valence-corrected chi connectivity index (χ1v) is 9.77. The van der Waals surface area contributed by atoms with Crippen LogP contribution in [0.3, 0.4) is 0 Å². The van der Waals surface area contributed by atoms with E-state index in [4.69, 9.17) is 4.74 Å². The zero-order valence-corrected chi connectivity index (χ0v) is 14.3. The third-order valence-electron chi connectivity index (χ3n) is 4.79. The minimum atomic E-state index is -0.00578. The van der Waals surface area contributed by atoms with E-state index in [1.807, 2.05) is 0 Å². The molecule has 2 fully saturated rings. The van der Waals surface area contributed by atoms with Crippen molar-refractivity contribution in [2.45, 2.75) is 76.0 Å². The average Bonchev–Trinajstić information content (AvgIpc) is 2.47. The minimum absolute atomic E-state index is 0.00578. The van der Waals surface area contributed by atoms with Gasteiger partial charge in [-0.1, -0.05) is 26.2 Å². The summed E-state index contributed by atoms with van der Waals surface area (Å²) in [5, 5.41) is 6.27. The van der Waals surface area contributed by atoms with Crippen LogP contribution in [0.15, 0.2) is 0 Å². The van der Waals surface area contributed by atoms with Gasteiger partial charge in [0.05, 0.1) is 5.60 Å². The number of carbonyl (C=O) groups is 1. The SMILES string of the molecule is CC[C@H](CSC)NC(=O)N[C@H]1CCOC2(CCCCC2)C1. The van der Waals surface area contributed by atoms with E-state index in [2.05, 4.69) is 23.8 Å². The molecule has 0 radical (unpaired) electrons. The fraction of sp³-hybridized carbons (Fsp3) is 0.938. The van der Waals surface area contributed by atoms with E-state index in [1.54, 1.807) is 11.8 Å². The van der Waals surface area contributed by atoms with Crippen molar-refractivity contribution in [1.29, 1.82) is 0 Å². The monoisotopic (exact) mass is 314 g/mol. The van der Waals surface area contributed by atoms with Crippen LogP contribution in [0.4, 0.5) is 4.79 Å². The molecule has 0 aromatic heterocycles. The number of ether oxygens (including phenoxy) is 1. The molecule has 4 nitrogen and oxygen atoms in total. The Hall–Kier alpha value is -0.420. The van der Waals surface area contributed by atoms with E-state index < -0.39 is 0 Å². The summed E-state index contributed by atoms with van der Waals surface area (Å²) in [5.74, 6) is 0.974. The zero-order chi connectivity index (χ0) is 15.1. The lowest BCUT2D eigenvalue weighted by atomic mass is 9.78. The fourth-order valence-electron chi connectivity index (χ4n) is 3.57. The maximum Gasteiger partial charge on any atom is 0.315 e. The Balaban J connectivity index is 1.80. The molecule has 122 valence electrons. The second kappa shape index (κ2) is 8.28. The quantitative estimate of drug-likeness (QED) is 0.818. The first kappa shape index (κ1) is 16.9. The van der Waals surface area contributed by atoms with Crippen molar-refractivity contribution in [3.8, 4) is 0 Å². The second-order valence-corrected chi connectivity index (χ2v) is 7.37. The van der Waals surface area contributed by atoms with Gasteiger partial charge in [0.1, 0.15) is 0 Å². The molecule has 2 N–H and O–H groups in total. The molecule has 0 aromatic carbocycles. The van der Waals surface area contributed by atoms with Crippen LogP contribution >= 0.6 is 11.8 Å². The molecule has 2 amide bonds. The highest BCUT2D eigenvalue weighted by Crippen LogP contribution is 2.38. The Morgan fingerprint density at radius 3 is 2.81 bits per heavy atom. The molecule has 1 aliphatic heterocycles. The Labute approximate surface area is 133 Å². The van der Waals surface area contributed by atoms with Gasteiger partial charge in [-0.05, 0) is 38.4 Å². The van der Waals surface area contributed by atoms with Crippen LogP contribution in [0.5, 0.6) is 0 Å². The molecule has 1 saturated carbocycles. The molecular formula is C16H30N2O2S. The molecule has 2 atom stereocenters. The van der Waals surface area contributed by atoms with Crippen LogP contribution in [0.25, 0.3) is 0 Å². The van der Waals surface area contributed by atoms with Gasteiger partial charge in [0, 0.05) is 24.4 Å². The molecular weight excluding hydrogens is 284 g/mol. The van der Waals surface area contributed by atoms with Gasteiger partial charge in [0.15, 0.2) is 0 Å². The number of hydrogen-bond donors (Lipinski definition) is 2. The number of carbonyl (C=O) groups excluding carboxylic acids is 1. The Morgan fingerprint density at radius 1 is 1.38 bits per heavy atom. The third-order valence-corrected chi connectivity index (χ3v) is 5.52. The molecule has 0 aromatic rings. The molecule has 2 aliphatic rings. The molecule has 0 bridgehead atoms. The average molecular weight is 314 g/mol. The van der Waals surface area contributed by atoms with Crippen molar-refractivity contribution < 1.29 is 9.53 Å².